The Morgan fingerprint density at radius 2 is 2.00 bits per heavy atom. The van der Waals surface area contributed by atoms with E-state index in [0.29, 0.717) is 6.42 Å². The van der Waals surface area contributed by atoms with Crippen LogP contribution in [0.4, 0.5) is 4.79 Å². The van der Waals surface area contributed by atoms with Crippen LogP contribution in [0.15, 0.2) is 30.3 Å². The summed E-state index contributed by atoms with van der Waals surface area (Å²) in [4.78, 5) is 13.6. The summed E-state index contributed by atoms with van der Waals surface area (Å²) < 4.78 is 5.27. The summed E-state index contributed by atoms with van der Waals surface area (Å²) >= 11 is 0. The van der Waals surface area contributed by atoms with Crippen molar-refractivity contribution in [2.75, 3.05) is 0 Å². The van der Waals surface area contributed by atoms with E-state index in [0.717, 1.165) is 5.56 Å². The number of carbonyl (C=O) groups is 1. The fourth-order valence-corrected chi connectivity index (χ4v) is 1.84. The molecule has 1 rings (SSSR count). The normalized spacial score (nSPS) is 11.7. The second-order valence-corrected chi connectivity index (χ2v) is 4.59. The predicted octanol–water partition coefficient (Wildman–Crippen LogP) is 3.34. The topological polar surface area (TPSA) is 53.3 Å². The molecule has 0 aliphatic carbocycles. The molecule has 0 heterocycles. The lowest BCUT2D eigenvalue weighted by Gasteiger charge is -2.29. The van der Waals surface area contributed by atoms with Crippen molar-refractivity contribution in [1.82, 2.24) is 4.90 Å². The fourth-order valence-electron chi connectivity index (χ4n) is 1.84. The number of rotatable bonds is 5. The van der Waals surface area contributed by atoms with Gasteiger partial charge in [-0.15, -0.1) is 0 Å². The first-order valence-electron chi connectivity index (χ1n) is 6.48. The minimum absolute atomic E-state index is 0.0622. The van der Waals surface area contributed by atoms with Crippen molar-refractivity contribution in [2.45, 2.75) is 45.9 Å². The van der Waals surface area contributed by atoms with Gasteiger partial charge in [0.1, 0.15) is 12.6 Å². The second-order valence-electron chi connectivity index (χ2n) is 4.59. The highest BCUT2D eigenvalue weighted by atomic mass is 16.6. The average molecular weight is 260 g/mol. The molecule has 0 fully saturated rings. The molecule has 0 spiro atoms. The van der Waals surface area contributed by atoms with Gasteiger partial charge < -0.3 is 4.74 Å². The van der Waals surface area contributed by atoms with E-state index in [2.05, 4.69) is 6.07 Å². The van der Waals surface area contributed by atoms with E-state index >= 15 is 0 Å². The molecule has 4 nitrogen and oxygen atoms in total. The maximum absolute atomic E-state index is 12.1. The van der Waals surface area contributed by atoms with Crippen LogP contribution >= 0.6 is 0 Å². The molecule has 1 amide bonds. The van der Waals surface area contributed by atoms with Crippen LogP contribution in [-0.4, -0.2) is 23.1 Å². The van der Waals surface area contributed by atoms with E-state index in [-0.39, 0.29) is 12.6 Å². The Bertz CT molecular complexity index is 437. The van der Waals surface area contributed by atoms with Crippen molar-refractivity contribution in [1.29, 1.82) is 5.26 Å². The van der Waals surface area contributed by atoms with E-state index in [4.69, 9.17) is 10.00 Å². The Kier molecular flexibility index (Phi) is 5.87. The highest BCUT2D eigenvalue weighted by Gasteiger charge is 2.26. The van der Waals surface area contributed by atoms with Crippen LogP contribution in [-0.2, 0) is 11.3 Å². The molecule has 102 valence electrons. The van der Waals surface area contributed by atoms with Gasteiger partial charge in [-0.05, 0) is 25.8 Å². The summed E-state index contributed by atoms with van der Waals surface area (Å²) in [5.74, 6) is 0. The zero-order chi connectivity index (χ0) is 14.3. The number of hydrogen-bond acceptors (Lipinski definition) is 3. The summed E-state index contributed by atoms with van der Waals surface area (Å²) in [5.41, 5.74) is 0.935. The van der Waals surface area contributed by atoms with Crippen molar-refractivity contribution in [3.05, 3.63) is 35.9 Å². The fraction of sp³-hybridized carbons (Fsp3) is 0.467. The predicted molar refractivity (Wildman–Crippen MR) is 73.3 cm³/mol. The van der Waals surface area contributed by atoms with E-state index < -0.39 is 12.1 Å². The van der Waals surface area contributed by atoms with Crippen LogP contribution in [0.1, 0.15) is 32.8 Å². The minimum atomic E-state index is -0.441. The molecule has 0 aliphatic heterocycles. The molecule has 0 saturated heterocycles. The van der Waals surface area contributed by atoms with Crippen LogP contribution in [0.25, 0.3) is 0 Å². The summed E-state index contributed by atoms with van der Waals surface area (Å²) in [6, 6.07) is 11.1. The molecule has 1 aromatic rings. The lowest BCUT2D eigenvalue weighted by Crippen LogP contribution is -2.44. The first-order chi connectivity index (χ1) is 9.10. The van der Waals surface area contributed by atoms with Crippen molar-refractivity contribution < 1.29 is 9.53 Å². The standard InChI is InChI=1S/C15H20N2O2/c1-4-14(10-16)17(12(2)3)15(18)19-11-13-8-6-5-7-9-13/h5-9,12,14H,4,11H2,1-3H3. The molecule has 0 bridgehead atoms. The van der Waals surface area contributed by atoms with Crippen molar-refractivity contribution in [2.24, 2.45) is 0 Å². The lowest BCUT2D eigenvalue weighted by atomic mass is 10.2. The van der Waals surface area contributed by atoms with Crippen molar-refractivity contribution >= 4 is 6.09 Å². The van der Waals surface area contributed by atoms with Crippen LogP contribution in [0.5, 0.6) is 0 Å². The number of amides is 1. The third-order valence-electron chi connectivity index (χ3n) is 2.84. The summed E-state index contributed by atoms with van der Waals surface area (Å²) in [6.07, 6.45) is 0.155. The van der Waals surface area contributed by atoms with Gasteiger partial charge >= 0.3 is 6.09 Å². The zero-order valence-corrected chi connectivity index (χ0v) is 11.7. The van der Waals surface area contributed by atoms with Gasteiger partial charge in [0, 0.05) is 6.04 Å². The van der Waals surface area contributed by atoms with Gasteiger partial charge in [0.05, 0.1) is 6.07 Å². The molecule has 1 unspecified atom stereocenters. The van der Waals surface area contributed by atoms with Crippen molar-refractivity contribution in [3.63, 3.8) is 0 Å². The first-order valence-corrected chi connectivity index (χ1v) is 6.48. The number of carbonyl (C=O) groups excluding carboxylic acids is 1. The average Bonchev–Trinajstić information content (AvgIpc) is 2.42. The summed E-state index contributed by atoms with van der Waals surface area (Å²) in [7, 11) is 0. The van der Waals surface area contributed by atoms with Gasteiger partial charge in [-0.3, -0.25) is 4.90 Å². The highest BCUT2D eigenvalue weighted by molar-refractivity contribution is 5.69. The summed E-state index contributed by atoms with van der Waals surface area (Å²) in [6.45, 7) is 5.87. The maximum Gasteiger partial charge on any atom is 0.411 e. The molecule has 19 heavy (non-hydrogen) atoms. The van der Waals surface area contributed by atoms with E-state index in [1.165, 1.54) is 4.90 Å². The van der Waals surface area contributed by atoms with E-state index in [9.17, 15) is 4.79 Å². The van der Waals surface area contributed by atoms with E-state index in [1.807, 2.05) is 51.1 Å². The van der Waals surface area contributed by atoms with Crippen LogP contribution in [0.3, 0.4) is 0 Å². The molecule has 4 heteroatoms. The van der Waals surface area contributed by atoms with Crippen LogP contribution in [0, 0.1) is 11.3 Å². The largest absolute Gasteiger partial charge is 0.445 e. The maximum atomic E-state index is 12.1. The Hall–Kier alpha value is -2.02. The van der Waals surface area contributed by atoms with Gasteiger partial charge in [0.15, 0.2) is 0 Å². The molecule has 0 aliphatic rings. The SMILES string of the molecule is CCC(C#N)N(C(=O)OCc1ccccc1)C(C)C. The third kappa shape index (κ3) is 4.29. The van der Waals surface area contributed by atoms with Gasteiger partial charge in [0.25, 0.3) is 0 Å². The number of benzene rings is 1. The first kappa shape index (κ1) is 15.0. The zero-order valence-electron chi connectivity index (χ0n) is 11.7. The molecular weight excluding hydrogens is 240 g/mol. The Balaban J connectivity index is 2.66. The van der Waals surface area contributed by atoms with Gasteiger partial charge in [-0.1, -0.05) is 37.3 Å². The molecule has 1 atom stereocenters. The van der Waals surface area contributed by atoms with Crippen molar-refractivity contribution in [3.8, 4) is 6.07 Å². The second kappa shape index (κ2) is 7.42. The van der Waals surface area contributed by atoms with Crippen LogP contribution in [0.2, 0.25) is 0 Å². The van der Waals surface area contributed by atoms with Gasteiger partial charge in [0.2, 0.25) is 0 Å². The Morgan fingerprint density at radius 1 is 1.37 bits per heavy atom. The highest BCUT2D eigenvalue weighted by Crippen LogP contribution is 2.12. The quantitative estimate of drug-likeness (QED) is 0.816. The number of hydrogen-bond donors (Lipinski definition) is 0. The molecular formula is C15H20N2O2. The molecule has 0 aromatic heterocycles. The van der Waals surface area contributed by atoms with Crippen LogP contribution < -0.4 is 0 Å². The molecule has 0 radical (unpaired) electrons. The molecule has 0 N–H and O–H groups in total. The number of ether oxygens (including phenoxy) is 1. The molecule has 0 saturated carbocycles. The van der Waals surface area contributed by atoms with Gasteiger partial charge in [-0.2, -0.15) is 5.26 Å². The third-order valence-corrected chi connectivity index (χ3v) is 2.84. The van der Waals surface area contributed by atoms with E-state index in [1.54, 1.807) is 0 Å². The van der Waals surface area contributed by atoms with Gasteiger partial charge in [-0.25, -0.2) is 4.79 Å². The Labute approximate surface area is 114 Å². The molecule has 1 aromatic carbocycles. The monoisotopic (exact) mass is 260 g/mol. The number of nitrogens with zero attached hydrogens (tertiary/aromatic N) is 2. The smallest absolute Gasteiger partial charge is 0.411 e. The number of nitriles is 1. The lowest BCUT2D eigenvalue weighted by molar-refractivity contribution is 0.0759. The Morgan fingerprint density at radius 3 is 2.47 bits per heavy atom. The minimum Gasteiger partial charge on any atom is -0.445 e. The summed E-state index contributed by atoms with van der Waals surface area (Å²) in [5, 5.41) is 9.08.